The minimum absolute atomic E-state index is 0.0115. The number of carbonyl (C=O) groups excluding carboxylic acids is 3. The Balaban J connectivity index is 1.92. The van der Waals surface area contributed by atoms with Crippen LogP contribution >= 0.6 is 0 Å². The second-order valence-electron chi connectivity index (χ2n) is 6.73. The highest BCUT2D eigenvalue weighted by molar-refractivity contribution is 7.90. The third-order valence-corrected chi connectivity index (χ3v) is 5.76. The molecule has 0 N–H and O–H groups in total. The molecule has 0 aliphatic carbocycles. The summed E-state index contributed by atoms with van der Waals surface area (Å²) in [4.78, 5) is 37.9. The van der Waals surface area contributed by atoms with Gasteiger partial charge in [0.2, 0.25) is 0 Å². The molecule has 1 amide bonds. The summed E-state index contributed by atoms with van der Waals surface area (Å²) in [7, 11) is -3.46. The zero-order chi connectivity index (χ0) is 20.9. The van der Waals surface area contributed by atoms with Crippen molar-refractivity contribution in [2.24, 2.45) is 5.92 Å². The van der Waals surface area contributed by atoms with Gasteiger partial charge in [-0.15, -0.1) is 0 Å². The van der Waals surface area contributed by atoms with E-state index in [0.29, 0.717) is 38.1 Å². The summed E-state index contributed by atoms with van der Waals surface area (Å²) in [6, 6.07) is 4.19. The van der Waals surface area contributed by atoms with Gasteiger partial charge in [-0.05, 0) is 44.4 Å². The number of benzene rings is 1. The average Bonchev–Trinajstić information content (AvgIpc) is 2.65. The zero-order valence-corrected chi connectivity index (χ0v) is 17.1. The van der Waals surface area contributed by atoms with Crippen LogP contribution in [0.5, 0.6) is 0 Å². The quantitative estimate of drug-likeness (QED) is 0.651. The molecule has 0 aromatic heterocycles. The Kier molecular flexibility index (Phi) is 7.17. The van der Waals surface area contributed by atoms with Gasteiger partial charge in [0.1, 0.15) is 0 Å². The molecule has 1 heterocycles. The van der Waals surface area contributed by atoms with Crippen molar-refractivity contribution >= 4 is 27.7 Å². The highest BCUT2D eigenvalue weighted by Gasteiger charge is 2.28. The Morgan fingerprint density at radius 3 is 2.36 bits per heavy atom. The van der Waals surface area contributed by atoms with Gasteiger partial charge in [-0.2, -0.15) is 0 Å². The van der Waals surface area contributed by atoms with Crippen LogP contribution in [0.1, 0.15) is 35.7 Å². The fourth-order valence-electron chi connectivity index (χ4n) is 2.97. The van der Waals surface area contributed by atoms with Gasteiger partial charge >= 0.3 is 11.9 Å². The van der Waals surface area contributed by atoms with Crippen LogP contribution in [0.3, 0.4) is 0 Å². The molecule has 2 rings (SSSR count). The molecule has 8 nitrogen and oxygen atoms in total. The summed E-state index contributed by atoms with van der Waals surface area (Å²) in [5.41, 5.74) is 0.664. The van der Waals surface area contributed by atoms with E-state index in [9.17, 15) is 22.8 Å². The Labute approximate surface area is 164 Å². The first-order chi connectivity index (χ1) is 13.1. The second kappa shape index (κ2) is 9.18. The van der Waals surface area contributed by atoms with E-state index in [1.54, 1.807) is 18.7 Å². The average molecular weight is 411 g/mol. The summed E-state index contributed by atoms with van der Waals surface area (Å²) in [6.45, 7) is 4.08. The fraction of sp³-hybridized carbons (Fsp3) is 0.526. The standard InChI is InChI=1S/C19H25NO7S/c1-4-26-18(22)14-7-9-20(10-8-14)17(21)12-27-19(23)16-11-15(28(3,24)25)6-5-13(16)2/h5-6,11,14H,4,7-10,12H2,1-3H3. The van der Waals surface area contributed by atoms with Gasteiger partial charge in [0.25, 0.3) is 5.91 Å². The molecule has 0 saturated carbocycles. The summed E-state index contributed by atoms with van der Waals surface area (Å²) < 4.78 is 33.4. The van der Waals surface area contributed by atoms with Crippen molar-refractivity contribution in [1.82, 2.24) is 4.90 Å². The molecule has 0 atom stereocenters. The van der Waals surface area contributed by atoms with Gasteiger partial charge in [-0.3, -0.25) is 9.59 Å². The summed E-state index contributed by atoms with van der Waals surface area (Å²) in [5, 5.41) is 0. The van der Waals surface area contributed by atoms with Gasteiger partial charge < -0.3 is 14.4 Å². The number of rotatable bonds is 6. The molecule has 1 aromatic rings. The van der Waals surface area contributed by atoms with E-state index in [1.165, 1.54) is 18.2 Å². The first-order valence-electron chi connectivity index (χ1n) is 9.05. The molecular weight excluding hydrogens is 386 g/mol. The zero-order valence-electron chi connectivity index (χ0n) is 16.3. The molecule has 1 fully saturated rings. The molecule has 0 bridgehead atoms. The van der Waals surface area contributed by atoms with Gasteiger partial charge in [-0.25, -0.2) is 13.2 Å². The first kappa shape index (κ1) is 21.9. The van der Waals surface area contributed by atoms with Crippen LogP contribution < -0.4 is 0 Å². The minimum atomic E-state index is -3.46. The van der Waals surface area contributed by atoms with Crippen LogP contribution in [0.4, 0.5) is 0 Å². The molecule has 1 saturated heterocycles. The van der Waals surface area contributed by atoms with Gasteiger partial charge in [0.05, 0.1) is 23.0 Å². The van der Waals surface area contributed by atoms with Crippen molar-refractivity contribution in [1.29, 1.82) is 0 Å². The number of sulfone groups is 1. The maximum absolute atomic E-state index is 12.3. The number of piperidine rings is 1. The number of esters is 2. The highest BCUT2D eigenvalue weighted by Crippen LogP contribution is 2.19. The normalized spacial score (nSPS) is 15.2. The van der Waals surface area contributed by atoms with Crippen molar-refractivity contribution in [2.45, 2.75) is 31.6 Å². The fourth-order valence-corrected chi connectivity index (χ4v) is 3.62. The Morgan fingerprint density at radius 1 is 1.14 bits per heavy atom. The van der Waals surface area contributed by atoms with E-state index in [0.717, 1.165) is 6.26 Å². The van der Waals surface area contributed by atoms with Crippen molar-refractivity contribution < 1.29 is 32.3 Å². The van der Waals surface area contributed by atoms with E-state index in [1.807, 2.05) is 0 Å². The van der Waals surface area contributed by atoms with Crippen LogP contribution in [-0.2, 0) is 28.9 Å². The third kappa shape index (κ3) is 5.54. The van der Waals surface area contributed by atoms with E-state index in [4.69, 9.17) is 9.47 Å². The minimum Gasteiger partial charge on any atom is -0.466 e. The Hall–Kier alpha value is -2.42. The first-order valence-corrected chi connectivity index (χ1v) is 10.9. The number of amides is 1. The van der Waals surface area contributed by atoms with Gasteiger partial charge in [0, 0.05) is 19.3 Å². The lowest BCUT2D eigenvalue weighted by atomic mass is 9.97. The number of carbonyl (C=O) groups is 3. The maximum Gasteiger partial charge on any atom is 0.338 e. The predicted octanol–water partition coefficient (Wildman–Crippen LogP) is 1.36. The number of hydrogen-bond donors (Lipinski definition) is 0. The molecule has 0 spiro atoms. The molecule has 1 aliphatic heterocycles. The Morgan fingerprint density at radius 2 is 1.79 bits per heavy atom. The highest BCUT2D eigenvalue weighted by atomic mass is 32.2. The topological polar surface area (TPSA) is 107 Å². The van der Waals surface area contributed by atoms with Crippen molar-refractivity contribution in [2.75, 3.05) is 32.6 Å². The van der Waals surface area contributed by atoms with Gasteiger partial charge in [-0.1, -0.05) is 6.07 Å². The number of nitrogens with zero attached hydrogens (tertiary/aromatic N) is 1. The SMILES string of the molecule is CCOC(=O)C1CCN(C(=O)COC(=O)c2cc(S(C)(=O)=O)ccc2C)CC1. The predicted molar refractivity (Wildman–Crippen MR) is 101 cm³/mol. The van der Waals surface area contributed by atoms with E-state index >= 15 is 0 Å². The summed E-state index contributed by atoms with van der Waals surface area (Å²) >= 11 is 0. The van der Waals surface area contributed by atoms with Crippen LogP contribution in [-0.4, -0.2) is 63.7 Å². The van der Waals surface area contributed by atoms with Crippen molar-refractivity contribution in [3.05, 3.63) is 29.3 Å². The smallest absolute Gasteiger partial charge is 0.338 e. The van der Waals surface area contributed by atoms with Crippen LogP contribution in [0.25, 0.3) is 0 Å². The molecule has 28 heavy (non-hydrogen) atoms. The maximum atomic E-state index is 12.3. The molecule has 154 valence electrons. The molecule has 1 aliphatic rings. The lowest BCUT2D eigenvalue weighted by molar-refractivity contribution is -0.151. The van der Waals surface area contributed by atoms with Gasteiger partial charge in [0.15, 0.2) is 16.4 Å². The molecule has 0 unspecified atom stereocenters. The van der Waals surface area contributed by atoms with E-state index < -0.39 is 22.4 Å². The largest absolute Gasteiger partial charge is 0.466 e. The molecular formula is C19H25NO7S. The number of likely N-dealkylation sites (tertiary alicyclic amines) is 1. The monoisotopic (exact) mass is 411 g/mol. The molecule has 1 aromatic carbocycles. The van der Waals surface area contributed by atoms with Crippen LogP contribution in [0, 0.1) is 12.8 Å². The third-order valence-electron chi connectivity index (χ3n) is 4.65. The summed E-state index contributed by atoms with van der Waals surface area (Å²) in [6.07, 6.45) is 2.07. The lowest BCUT2D eigenvalue weighted by Gasteiger charge is -2.30. The number of hydrogen-bond acceptors (Lipinski definition) is 7. The second-order valence-corrected chi connectivity index (χ2v) is 8.75. The van der Waals surface area contributed by atoms with Crippen LogP contribution in [0.15, 0.2) is 23.1 Å². The van der Waals surface area contributed by atoms with E-state index in [2.05, 4.69) is 0 Å². The lowest BCUT2D eigenvalue weighted by Crippen LogP contribution is -2.42. The summed E-state index contributed by atoms with van der Waals surface area (Å²) in [5.74, 6) is -1.57. The van der Waals surface area contributed by atoms with Crippen molar-refractivity contribution in [3.63, 3.8) is 0 Å². The number of aryl methyl sites for hydroxylation is 1. The molecule has 9 heteroatoms. The van der Waals surface area contributed by atoms with Crippen molar-refractivity contribution in [3.8, 4) is 0 Å². The van der Waals surface area contributed by atoms with Crippen LogP contribution in [0.2, 0.25) is 0 Å². The van der Waals surface area contributed by atoms with E-state index in [-0.39, 0.29) is 28.3 Å². The molecule has 0 radical (unpaired) electrons. The Bertz CT molecular complexity index is 855. The number of ether oxygens (including phenoxy) is 2.